The van der Waals surface area contributed by atoms with Gasteiger partial charge in [-0.3, -0.25) is 0 Å². The number of para-hydroxylation sites is 1. The van der Waals surface area contributed by atoms with E-state index in [1.54, 1.807) is 0 Å². The number of rotatable bonds is 3. The maximum Gasteiger partial charge on any atom is 0.124 e. The number of hydrogen-bond acceptors (Lipinski definition) is 2. The van der Waals surface area contributed by atoms with Crippen LogP contribution < -0.4 is 0 Å². The van der Waals surface area contributed by atoms with Gasteiger partial charge < -0.3 is 5.11 Å². The third-order valence-corrected chi connectivity index (χ3v) is 11.2. The predicted molar refractivity (Wildman–Crippen MR) is 115 cm³/mol. The first-order chi connectivity index (χ1) is 12.6. The Bertz CT molecular complexity index is 1020. The summed E-state index contributed by atoms with van der Waals surface area (Å²) in [6, 6.07) is 16.2. The van der Waals surface area contributed by atoms with E-state index in [9.17, 15) is 9.50 Å². The summed E-state index contributed by atoms with van der Waals surface area (Å²) in [5.41, 5.74) is 2.32. The zero-order valence-corrected chi connectivity index (χ0v) is 17.5. The second-order valence-corrected chi connectivity index (χ2v) is 13.8. The van der Waals surface area contributed by atoms with Gasteiger partial charge in [0.05, 0.1) is 19.3 Å². The van der Waals surface area contributed by atoms with E-state index in [0.29, 0.717) is 5.56 Å². The van der Waals surface area contributed by atoms with Gasteiger partial charge in [-0.1, -0.05) is 58.1 Å². The van der Waals surface area contributed by atoms with Crippen molar-refractivity contribution in [2.24, 2.45) is 0 Å². The standard InChI is InChI=1S/C23H26FNOSi/c1-23(2,3)27(4,5)22(15-17-14-18(24)11-13-21(17)26)20-12-10-16-8-6-7-9-19(16)25-20/h6-15,26H,1-5H3/b22-15+. The largest absolute Gasteiger partial charge is 0.507 e. The fourth-order valence-electron chi connectivity index (χ4n) is 2.99. The van der Waals surface area contributed by atoms with Gasteiger partial charge in [0.15, 0.2) is 0 Å². The maximum atomic E-state index is 13.8. The summed E-state index contributed by atoms with van der Waals surface area (Å²) < 4.78 is 13.8. The van der Waals surface area contributed by atoms with Crippen LogP contribution in [0.15, 0.2) is 54.6 Å². The van der Waals surface area contributed by atoms with Crippen molar-refractivity contribution in [2.75, 3.05) is 0 Å². The number of aromatic nitrogens is 1. The molecule has 1 N–H and O–H groups in total. The number of aromatic hydroxyl groups is 1. The first kappa shape index (κ1) is 19.3. The SMILES string of the molecule is CC(C)(C)[Si](C)(C)/C(=C/c1cc(F)ccc1O)c1ccc2ccccc2n1. The van der Waals surface area contributed by atoms with Crippen LogP contribution in [0.3, 0.4) is 0 Å². The van der Waals surface area contributed by atoms with Gasteiger partial charge in [-0.05, 0) is 46.6 Å². The topological polar surface area (TPSA) is 33.1 Å². The lowest BCUT2D eigenvalue weighted by atomic mass is 10.1. The van der Waals surface area contributed by atoms with Gasteiger partial charge >= 0.3 is 0 Å². The summed E-state index contributed by atoms with van der Waals surface area (Å²) in [5, 5.41) is 12.5. The molecule has 0 spiro atoms. The third kappa shape index (κ3) is 3.81. The van der Waals surface area contributed by atoms with Crippen molar-refractivity contribution >= 4 is 30.2 Å². The highest BCUT2D eigenvalue weighted by Crippen LogP contribution is 2.45. The molecule has 0 aliphatic heterocycles. The molecule has 1 heterocycles. The molecule has 0 saturated heterocycles. The van der Waals surface area contributed by atoms with Crippen LogP contribution in [0.2, 0.25) is 18.1 Å². The van der Waals surface area contributed by atoms with Crippen LogP contribution in [0.4, 0.5) is 4.39 Å². The van der Waals surface area contributed by atoms with Gasteiger partial charge in [0.1, 0.15) is 11.6 Å². The number of fused-ring (bicyclic) bond motifs is 1. The lowest BCUT2D eigenvalue weighted by Crippen LogP contribution is -2.39. The summed E-state index contributed by atoms with van der Waals surface area (Å²) in [7, 11) is -2.02. The van der Waals surface area contributed by atoms with Crippen LogP contribution in [0.25, 0.3) is 22.2 Å². The van der Waals surface area contributed by atoms with Gasteiger partial charge in [-0.15, -0.1) is 0 Å². The molecule has 0 saturated carbocycles. The average Bonchev–Trinajstić information content (AvgIpc) is 2.61. The molecule has 0 unspecified atom stereocenters. The van der Waals surface area contributed by atoms with Crippen molar-refractivity contribution in [1.82, 2.24) is 4.98 Å². The van der Waals surface area contributed by atoms with Gasteiger partial charge in [0.2, 0.25) is 0 Å². The quantitative estimate of drug-likeness (QED) is 0.516. The van der Waals surface area contributed by atoms with E-state index in [1.165, 1.54) is 18.2 Å². The Balaban J connectivity index is 2.26. The van der Waals surface area contributed by atoms with Gasteiger partial charge in [-0.25, -0.2) is 9.37 Å². The van der Waals surface area contributed by atoms with Gasteiger partial charge in [0.25, 0.3) is 0 Å². The number of phenolic OH excluding ortho intramolecular Hbond substituents is 1. The van der Waals surface area contributed by atoms with E-state index < -0.39 is 8.07 Å². The molecule has 140 valence electrons. The normalized spacial score (nSPS) is 13.2. The predicted octanol–water partition coefficient (Wildman–Crippen LogP) is 6.67. The number of benzene rings is 2. The number of hydrogen-bond donors (Lipinski definition) is 1. The second kappa shape index (κ2) is 6.93. The fourth-order valence-corrected chi connectivity index (χ4v) is 5.10. The molecular formula is C23H26FNOSi. The Labute approximate surface area is 161 Å². The first-order valence-electron chi connectivity index (χ1n) is 9.16. The molecule has 2 nitrogen and oxygen atoms in total. The molecule has 0 aliphatic rings. The smallest absolute Gasteiger partial charge is 0.124 e. The summed E-state index contributed by atoms with van der Waals surface area (Å²) in [4.78, 5) is 4.89. The van der Waals surface area contributed by atoms with Crippen LogP contribution in [-0.2, 0) is 0 Å². The van der Waals surface area contributed by atoms with E-state index in [2.05, 4.69) is 39.9 Å². The maximum absolute atomic E-state index is 13.8. The van der Waals surface area contributed by atoms with E-state index in [-0.39, 0.29) is 16.6 Å². The van der Waals surface area contributed by atoms with Gasteiger partial charge in [0, 0.05) is 10.9 Å². The highest BCUT2D eigenvalue weighted by Gasteiger charge is 2.39. The van der Waals surface area contributed by atoms with Crippen LogP contribution in [0.1, 0.15) is 32.0 Å². The Hall–Kier alpha value is -2.46. The van der Waals surface area contributed by atoms with Crippen molar-refractivity contribution in [3.8, 4) is 5.75 Å². The molecular weight excluding hydrogens is 353 g/mol. The third-order valence-electron chi connectivity index (χ3n) is 5.71. The molecule has 2 aromatic carbocycles. The summed E-state index contributed by atoms with van der Waals surface area (Å²) in [5.74, 6) is -0.284. The van der Waals surface area contributed by atoms with Crippen molar-refractivity contribution in [3.05, 3.63) is 71.7 Å². The molecule has 0 fully saturated rings. The number of pyridine rings is 1. The number of nitrogens with zero attached hydrogens (tertiary/aromatic N) is 1. The van der Waals surface area contributed by atoms with Crippen LogP contribution in [0, 0.1) is 5.82 Å². The molecule has 1 aromatic heterocycles. The van der Waals surface area contributed by atoms with Crippen LogP contribution >= 0.6 is 0 Å². The minimum atomic E-state index is -2.02. The molecule has 27 heavy (non-hydrogen) atoms. The fraction of sp³-hybridized carbons (Fsp3) is 0.261. The highest BCUT2D eigenvalue weighted by atomic mass is 28.3. The molecule has 0 aliphatic carbocycles. The zero-order chi connectivity index (χ0) is 19.8. The van der Waals surface area contributed by atoms with E-state index in [1.807, 2.05) is 36.4 Å². The zero-order valence-electron chi connectivity index (χ0n) is 16.5. The Morgan fingerprint density at radius 1 is 1.04 bits per heavy atom. The summed E-state index contributed by atoms with van der Waals surface area (Å²) in [6.45, 7) is 11.3. The van der Waals surface area contributed by atoms with Crippen molar-refractivity contribution in [1.29, 1.82) is 0 Å². The molecule has 3 rings (SSSR count). The molecule has 4 heteroatoms. The molecule has 0 amide bonds. The Morgan fingerprint density at radius 2 is 1.74 bits per heavy atom. The lowest BCUT2D eigenvalue weighted by molar-refractivity contribution is 0.471. The first-order valence-corrected chi connectivity index (χ1v) is 12.2. The van der Waals surface area contributed by atoms with Crippen molar-refractivity contribution < 1.29 is 9.50 Å². The van der Waals surface area contributed by atoms with Crippen molar-refractivity contribution in [3.63, 3.8) is 0 Å². The monoisotopic (exact) mass is 379 g/mol. The molecule has 0 radical (unpaired) electrons. The molecule has 0 bridgehead atoms. The summed E-state index contributed by atoms with van der Waals surface area (Å²) >= 11 is 0. The van der Waals surface area contributed by atoms with Crippen LogP contribution in [0.5, 0.6) is 5.75 Å². The number of halogens is 1. The van der Waals surface area contributed by atoms with Crippen LogP contribution in [-0.4, -0.2) is 18.2 Å². The second-order valence-electron chi connectivity index (χ2n) is 8.53. The molecule has 0 atom stereocenters. The van der Waals surface area contributed by atoms with E-state index in [4.69, 9.17) is 4.98 Å². The summed E-state index contributed by atoms with van der Waals surface area (Å²) in [6.07, 6.45) is 1.92. The Kier molecular flexibility index (Phi) is 4.95. The number of phenols is 1. The highest BCUT2D eigenvalue weighted by molar-refractivity contribution is 6.97. The van der Waals surface area contributed by atoms with E-state index in [0.717, 1.165) is 21.8 Å². The van der Waals surface area contributed by atoms with Crippen molar-refractivity contribution in [2.45, 2.75) is 38.9 Å². The Morgan fingerprint density at radius 3 is 2.44 bits per heavy atom. The van der Waals surface area contributed by atoms with E-state index >= 15 is 0 Å². The lowest BCUT2D eigenvalue weighted by Gasteiger charge is -2.39. The van der Waals surface area contributed by atoms with Gasteiger partial charge in [-0.2, -0.15) is 0 Å². The minimum absolute atomic E-state index is 0.0646. The average molecular weight is 380 g/mol. The minimum Gasteiger partial charge on any atom is -0.507 e. The molecule has 3 aromatic rings.